The van der Waals surface area contributed by atoms with E-state index >= 15 is 0 Å². The average molecular weight is 432 g/mol. The number of hydrogen-bond donors (Lipinski definition) is 0. The highest BCUT2D eigenvalue weighted by Gasteiger charge is 2.33. The average Bonchev–Trinajstić information content (AvgIpc) is 3.02. The van der Waals surface area contributed by atoms with Crippen molar-refractivity contribution in [3.63, 3.8) is 0 Å². The molecule has 0 aromatic heterocycles. The van der Waals surface area contributed by atoms with Gasteiger partial charge in [-0.3, -0.25) is 9.69 Å². The fourth-order valence-electron chi connectivity index (χ4n) is 4.04. The summed E-state index contributed by atoms with van der Waals surface area (Å²) in [5.74, 6) is 0.0322. The van der Waals surface area contributed by atoms with Crippen LogP contribution in [0.15, 0.2) is 64.5 Å². The van der Waals surface area contributed by atoms with Crippen LogP contribution in [0.5, 0.6) is 0 Å². The minimum atomic E-state index is -0.0161. The molecular weight excluding hydrogens is 402 g/mol. The Morgan fingerprint density at radius 2 is 1.87 bits per heavy atom. The molecule has 2 aliphatic rings. The lowest BCUT2D eigenvalue weighted by Gasteiger charge is -2.40. The lowest BCUT2D eigenvalue weighted by molar-refractivity contribution is -0.122. The Morgan fingerprint density at radius 1 is 1.13 bits per heavy atom. The Hall–Kier alpha value is -2.79. The van der Waals surface area contributed by atoms with Crippen molar-refractivity contribution in [1.29, 1.82) is 0 Å². The Balaban J connectivity index is 1.68. The summed E-state index contributed by atoms with van der Waals surface area (Å²) in [6.45, 7) is 9.35. The molecule has 1 saturated heterocycles. The van der Waals surface area contributed by atoms with Gasteiger partial charge in [0.25, 0.3) is 5.91 Å². The van der Waals surface area contributed by atoms with Crippen molar-refractivity contribution in [2.45, 2.75) is 39.7 Å². The quantitative estimate of drug-likeness (QED) is 0.531. The van der Waals surface area contributed by atoms with E-state index in [4.69, 9.17) is 4.99 Å². The van der Waals surface area contributed by atoms with Crippen molar-refractivity contribution < 1.29 is 4.79 Å². The van der Waals surface area contributed by atoms with Crippen LogP contribution in [0.1, 0.15) is 45.2 Å². The van der Waals surface area contributed by atoms with Gasteiger partial charge in [0.2, 0.25) is 0 Å². The van der Waals surface area contributed by atoms with Crippen molar-refractivity contribution in [3.05, 3.63) is 70.6 Å². The summed E-state index contributed by atoms with van der Waals surface area (Å²) in [4.78, 5) is 22.7. The first-order valence-electron chi connectivity index (χ1n) is 10.7. The third-order valence-corrected chi connectivity index (χ3v) is 6.86. The van der Waals surface area contributed by atoms with E-state index in [9.17, 15) is 4.79 Å². The summed E-state index contributed by atoms with van der Waals surface area (Å²) in [7, 11) is 2.13. The molecule has 5 heteroatoms. The number of benzene rings is 2. The number of nitrogens with zero attached hydrogens (tertiary/aromatic N) is 3. The van der Waals surface area contributed by atoms with Gasteiger partial charge in [0, 0.05) is 24.8 Å². The van der Waals surface area contributed by atoms with E-state index < -0.39 is 0 Å². The second kappa shape index (κ2) is 8.39. The molecule has 0 spiro atoms. The molecule has 0 unspecified atom stereocenters. The minimum absolute atomic E-state index is 0.0161. The number of para-hydroxylation sites is 1. The first kappa shape index (κ1) is 21.4. The van der Waals surface area contributed by atoms with E-state index in [2.05, 4.69) is 63.9 Å². The number of thioether (sulfide) groups is 1. The SMILES string of the molecule is CCCN1C(=O)/C(=C/c2ccc3c(c2)C(C)=CC(C)(C)N3C)SC1=Nc1ccccc1. The van der Waals surface area contributed by atoms with Gasteiger partial charge < -0.3 is 4.90 Å². The number of amides is 1. The van der Waals surface area contributed by atoms with Crippen molar-refractivity contribution >= 4 is 45.9 Å². The first-order valence-corrected chi connectivity index (χ1v) is 11.5. The van der Waals surface area contributed by atoms with E-state index in [1.165, 1.54) is 28.6 Å². The Bertz CT molecular complexity index is 1100. The molecule has 4 rings (SSSR count). The zero-order valence-corrected chi connectivity index (χ0v) is 19.7. The Labute approximate surface area is 189 Å². The molecule has 2 aromatic carbocycles. The molecule has 0 atom stereocenters. The highest BCUT2D eigenvalue weighted by atomic mass is 32.2. The third kappa shape index (κ3) is 4.19. The van der Waals surface area contributed by atoms with Crippen molar-refractivity contribution in [3.8, 4) is 0 Å². The highest BCUT2D eigenvalue weighted by Crippen LogP contribution is 2.39. The number of carbonyl (C=O) groups is 1. The number of anilines is 1. The van der Waals surface area contributed by atoms with Crippen LogP contribution in [0, 0.1) is 0 Å². The maximum absolute atomic E-state index is 13.1. The molecule has 2 aromatic rings. The molecule has 4 nitrogen and oxygen atoms in total. The molecule has 0 saturated carbocycles. The summed E-state index contributed by atoms with van der Waals surface area (Å²) in [5.41, 5.74) is 5.58. The maximum atomic E-state index is 13.1. The van der Waals surface area contributed by atoms with Crippen LogP contribution in [-0.2, 0) is 4.79 Å². The highest BCUT2D eigenvalue weighted by molar-refractivity contribution is 8.18. The summed E-state index contributed by atoms with van der Waals surface area (Å²) >= 11 is 1.46. The van der Waals surface area contributed by atoms with Gasteiger partial charge in [-0.2, -0.15) is 0 Å². The van der Waals surface area contributed by atoms with Crippen molar-refractivity contribution in [2.75, 3.05) is 18.5 Å². The van der Waals surface area contributed by atoms with Gasteiger partial charge in [-0.1, -0.05) is 37.3 Å². The largest absolute Gasteiger partial charge is 0.366 e. The van der Waals surface area contributed by atoms with Crippen LogP contribution in [0.25, 0.3) is 11.6 Å². The second-order valence-electron chi connectivity index (χ2n) is 8.61. The van der Waals surface area contributed by atoms with Gasteiger partial charge in [-0.25, -0.2) is 4.99 Å². The van der Waals surface area contributed by atoms with Crippen molar-refractivity contribution in [1.82, 2.24) is 4.90 Å². The normalized spacial score (nSPS) is 20.4. The summed E-state index contributed by atoms with van der Waals surface area (Å²) < 4.78 is 0. The van der Waals surface area contributed by atoms with E-state index in [0.29, 0.717) is 11.4 Å². The number of carbonyl (C=O) groups excluding carboxylic acids is 1. The molecule has 160 valence electrons. The molecule has 0 N–H and O–H groups in total. The number of hydrogen-bond acceptors (Lipinski definition) is 4. The van der Waals surface area contributed by atoms with Crippen LogP contribution in [0.3, 0.4) is 0 Å². The smallest absolute Gasteiger partial charge is 0.266 e. The fraction of sp³-hybridized carbons (Fsp3) is 0.308. The summed E-state index contributed by atoms with van der Waals surface area (Å²) in [5, 5.41) is 0.750. The molecule has 0 radical (unpaired) electrons. The van der Waals surface area contributed by atoms with E-state index in [0.717, 1.165) is 22.8 Å². The van der Waals surface area contributed by atoms with E-state index in [1.807, 2.05) is 36.4 Å². The van der Waals surface area contributed by atoms with Gasteiger partial charge in [0.05, 0.1) is 16.1 Å². The molecule has 0 bridgehead atoms. The Morgan fingerprint density at radius 3 is 2.58 bits per heavy atom. The van der Waals surface area contributed by atoms with Crippen LogP contribution in [0.2, 0.25) is 0 Å². The number of amidine groups is 1. The van der Waals surface area contributed by atoms with Gasteiger partial charge in [0.15, 0.2) is 5.17 Å². The standard InChI is InChI=1S/C26H29N3OS/c1-6-14-29-24(30)23(31-25(29)27-20-10-8-7-9-11-20)16-19-12-13-22-21(15-19)18(2)17-26(3,4)28(22)5/h7-13,15-17H,6,14H2,1-5H3/b23-16-,27-25?. The number of fused-ring (bicyclic) bond motifs is 1. The molecule has 31 heavy (non-hydrogen) atoms. The first-order chi connectivity index (χ1) is 14.8. The van der Waals surface area contributed by atoms with Crippen LogP contribution < -0.4 is 4.90 Å². The van der Waals surface area contributed by atoms with Crippen LogP contribution in [-0.4, -0.2) is 35.1 Å². The molecular formula is C26H29N3OS. The van der Waals surface area contributed by atoms with Gasteiger partial charge in [-0.15, -0.1) is 0 Å². The summed E-state index contributed by atoms with van der Waals surface area (Å²) in [6.07, 6.45) is 5.18. The third-order valence-electron chi connectivity index (χ3n) is 5.86. The molecule has 2 heterocycles. The van der Waals surface area contributed by atoms with Crippen LogP contribution in [0.4, 0.5) is 11.4 Å². The molecule has 2 aliphatic heterocycles. The van der Waals surface area contributed by atoms with Gasteiger partial charge in [-0.05, 0) is 80.4 Å². The Kier molecular flexibility index (Phi) is 5.80. The van der Waals surface area contributed by atoms with Crippen molar-refractivity contribution in [2.24, 2.45) is 4.99 Å². The minimum Gasteiger partial charge on any atom is -0.366 e. The zero-order chi connectivity index (χ0) is 22.2. The predicted molar refractivity (Wildman–Crippen MR) is 134 cm³/mol. The van der Waals surface area contributed by atoms with E-state index in [-0.39, 0.29) is 11.4 Å². The molecule has 1 fully saturated rings. The number of rotatable bonds is 4. The van der Waals surface area contributed by atoms with Crippen LogP contribution >= 0.6 is 11.8 Å². The maximum Gasteiger partial charge on any atom is 0.266 e. The zero-order valence-electron chi connectivity index (χ0n) is 18.8. The topological polar surface area (TPSA) is 35.9 Å². The second-order valence-corrected chi connectivity index (χ2v) is 9.62. The lowest BCUT2D eigenvalue weighted by Crippen LogP contribution is -2.42. The number of aliphatic imine (C=N–C) groups is 1. The van der Waals surface area contributed by atoms with E-state index in [1.54, 1.807) is 4.90 Å². The monoisotopic (exact) mass is 431 g/mol. The lowest BCUT2D eigenvalue weighted by atomic mass is 9.88. The fourth-order valence-corrected chi connectivity index (χ4v) is 5.07. The predicted octanol–water partition coefficient (Wildman–Crippen LogP) is 6.33. The van der Waals surface area contributed by atoms with Gasteiger partial charge >= 0.3 is 0 Å². The molecule has 1 amide bonds. The number of likely N-dealkylation sites (N-methyl/N-ethyl adjacent to an activating group) is 1. The van der Waals surface area contributed by atoms with Gasteiger partial charge in [0.1, 0.15) is 0 Å². The molecule has 0 aliphatic carbocycles. The number of allylic oxidation sites excluding steroid dienone is 1. The summed E-state index contributed by atoms with van der Waals surface area (Å²) in [6, 6.07) is 16.3.